The van der Waals surface area contributed by atoms with Crippen LogP contribution in [0.1, 0.15) is 34.7 Å². The first kappa shape index (κ1) is 21.9. The first-order valence-electron chi connectivity index (χ1n) is 11.3. The van der Waals surface area contributed by atoms with Gasteiger partial charge in [-0.2, -0.15) is 0 Å². The van der Waals surface area contributed by atoms with E-state index in [0.717, 1.165) is 16.3 Å². The van der Waals surface area contributed by atoms with E-state index >= 15 is 0 Å². The molecule has 1 aliphatic heterocycles. The fourth-order valence-corrected chi connectivity index (χ4v) is 4.36. The number of nitrogens with zero attached hydrogens (tertiary/aromatic N) is 2. The van der Waals surface area contributed by atoms with Gasteiger partial charge in [0.2, 0.25) is 0 Å². The van der Waals surface area contributed by atoms with Crippen LogP contribution < -0.4 is 5.32 Å². The zero-order valence-corrected chi connectivity index (χ0v) is 19.0. The second-order valence-corrected chi connectivity index (χ2v) is 8.59. The van der Waals surface area contributed by atoms with Crippen molar-refractivity contribution in [3.63, 3.8) is 0 Å². The van der Waals surface area contributed by atoms with Crippen molar-refractivity contribution in [2.24, 2.45) is 0 Å². The van der Waals surface area contributed by atoms with Crippen LogP contribution in [-0.4, -0.2) is 47.0 Å². The molecule has 3 aromatic carbocycles. The molecule has 0 saturated carbocycles. The first-order chi connectivity index (χ1) is 16.5. The van der Waals surface area contributed by atoms with E-state index in [1.165, 1.54) is 6.39 Å². The molecule has 5 rings (SSSR count). The van der Waals surface area contributed by atoms with Crippen LogP contribution in [0.2, 0.25) is 0 Å². The molecule has 172 valence electrons. The number of anilines is 1. The Kier molecular flexibility index (Phi) is 5.86. The average Bonchev–Trinajstić information content (AvgIpc) is 3.33. The maximum absolute atomic E-state index is 12.9. The van der Waals surface area contributed by atoms with Crippen molar-refractivity contribution >= 4 is 28.3 Å². The van der Waals surface area contributed by atoms with Crippen LogP contribution in [-0.2, 0) is 4.74 Å². The van der Waals surface area contributed by atoms with Gasteiger partial charge in [0.1, 0.15) is 0 Å². The average molecular weight is 456 g/mol. The van der Waals surface area contributed by atoms with Gasteiger partial charge in [-0.05, 0) is 55.0 Å². The molecule has 7 nitrogen and oxygen atoms in total. The minimum atomic E-state index is -0.383. The number of carbonyl (C=O) groups excluding carboxylic acids is 2. The zero-order chi connectivity index (χ0) is 23.7. The molecule has 0 unspecified atom stereocenters. The molecule has 0 radical (unpaired) electrons. The Labute approximate surface area is 197 Å². The predicted octanol–water partition coefficient (Wildman–Crippen LogP) is 5.00. The monoisotopic (exact) mass is 455 g/mol. The van der Waals surface area contributed by atoms with E-state index in [1.54, 1.807) is 29.2 Å². The van der Waals surface area contributed by atoms with Crippen LogP contribution in [0.25, 0.3) is 22.1 Å². The van der Waals surface area contributed by atoms with Crippen LogP contribution >= 0.6 is 0 Å². The highest BCUT2D eigenvalue weighted by Crippen LogP contribution is 2.27. The molecule has 0 bridgehead atoms. The number of morpholine rings is 1. The second-order valence-electron chi connectivity index (χ2n) is 8.59. The molecule has 0 aliphatic carbocycles. The fraction of sp³-hybridized carbons (Fsp3) is 0.222. The van der Waals surface area contributed by atoms with Crippen LogP contribution in [0, 0.1) is 0 Å². The Morgan fingerprint density at radius 1 is 0.941 bits per heavy atom. The molecule has 1 aliphatic rings. The minimum absolute atomic E-state index is 0.00511. The molecule has 2 atom stereocenters. The maximum atomic E-state index is 12.9. The van der Waals surface area contributed by atoms with Crippen molar-refractivity contribution in [3.8, 4) is 11.3 Å². The number of nitrogens with one attached hydrogen (secondary N) is 1. The molecular formula is C27H25N3O4. The highest BCUT2D eigenvalue weighted by atomic mass is 16.5. The van der Waals surface area contributed by atoms with Crippen molar-refractivity contribution in [2.45, 2.75) is 26.1 Å². The molecule has 2 amide bonds. The third-order valence-corrected chi connectivity index (χ3v) is 5.89. The smallest absolute Gasteiger partial charge is 0.278 e. The molecule has 1 aromatic heterocycles. The summed E-state index contributed by atoms with van der Waals surface area (Å²) in [4.78, 5) is 31.8. The number of oxazole rings is 1. The zero-order valence-electron chi connectivity index (χ0n) is 19.0. The fourth-order valence-electron chi connectivity index (χ4n) is 4.36. The van der Waals surface area contributed by atoms with Gasteiger partial charge in [-0.1, -0.05) is 36.4 Å². The number of benzene rings is 3. The number of aromatic nitrogens is 1. The number of fused-ring (bicyclic) bond motifs is 1. The summed E-state index contributed by atoms with van der Waals surface area (Å²) in [6, 6.07) is 20.7. The molecular weight excluding hydrogens is 430 g/mol. The number of hydrogen-bond acceptors (Lipinski definition) is 5. The lowest BCUT2D eigenvalue weighted by Gasteiger charge is -2.35. The van der Waals surface area contributed by atoms with Crippen LogP contribution in [0.4, 0.5) is 5.69 Å². The summed E-state index contributed by atoms with van der Waals surface area (Å²) in [6.45, 7) is 5.05. The quantitative estimate of drug-likeness (QED) is 0.468. The van der Waals surface area contributed by atoms with Crippen LogP contribution in [0.15, 0.2) is 77.5 Å². The Hall–Kier alpha value is -3.97. The van der Waals surface area contributed by atoms with Crippen LogP contribution in [0.5, 0.6) is 0 Å². The summed E-state index contributed by atoms with van der Waals surface area (Å²) in [5, 5.41) is 5.00. The van der Waals surface area contributed by atoms with E-state index < -0.39 is 0 Å². The third kappa shape index (κ3) is 4.43. The molecule has 0 spiro atoms. The van der Waals surface area contributed by atoms with Gasteiger partial charge in [-0.15, -0.1) is 0 Å². The van der Waals surface area contributed by atoms with Gasteiger partial charge in [0.05, 0.1) is 12.2 Å². The van der Waals surface area contributed by atoms with Gasteiger partial charge in [-0.3, -0.25) is 9.59 Å². The van der Waals surface area contributed by atoms with Gasteiger partial charge in [0.25, 0.3) is 11.8 Å². The van der Waals surface area contributed by atoms with Crippen molar-refractivity contribution in [2.75, 3.05) is 18.4 Å². The molecule has 1 N–H and O–H groups in total. The van der Waals surface area contributed by atoms with Gasteiger partial charge >= 0.3 is 0 Å². The molecule has 1 fully saturated rings. The number of amides is 2. The number of hydrogen-bond donors (Lipinski definition) is 1. The summed E-state index contributed by atoms with van der Waals surface area (Å²) >= 11 is 0. The van der Waals surface area contributed by atoms with Crippen LogP contribution in [0.3, 0.4) is 0 Å². The summed E-state index contributed by atoms with van der Waals surface area (Å²) in [5.74, 6) is -0.0209. The third-order valence-electron chi connectivity index (χ3n) is 5.89. The highest BCUT2D eigenvalue weighted by molar-refractivity contribution is 6.07. The Balaban J connectivity index is 1.31. The summed E-state index contributed by atoms with van der Waals surface area (Å²) in [7, 11) is 0. The van der Waals surface area contributed by atoms with E-state index in [0.29, 0.717) is 30.1 Å². The number of carbonyl (C=O) groups is 2. The van der Waals surface area contributed by atoms with Crippen molar-refractivity contribution < 1.29 is 18.7 Å². The highest BCUT2D eigenvalue weighted by Gasteiger charge is 2.26. The van der Waals surface area contributed by atoms with E-state index in [2.05, 4.69) is 10.3 Å². The van der Waals surface area contributed by atoms with E-state index in [-0.39, 0.29) is 29.7 Å². The van der Waals surface area contributed by atoms with E-state index in [4.69, 9.17) is 9.15 Å². The lowest BCUT2D eigenvalue weighted by atomic mass is 10.0. The summed E-state index contributed by atoms with van der Waals surface area (Å²) in [6.07, 6.45) is 1.28. The van der Waals surface area contributed by atoms with Crippen molar-refractivity contribution in [1.29, 1.82) is 0 Å². The Morgan fingerprint density at radius 3 is 2.38 bits per heavy atom. The topological polar surface area (TPSA) is 84.7 Å². The van der Waals surface area contributed by atoms with Gasteiger partial charge < -0.3 is 19.4 Å². The Morgan fingerprint density at radius 2 is 1.65 bits per heavy atom. The van der Waals surface area contributed by atoms with Crippen molar-refractivity contribution in [3.05, 3.63) is 84.4 Å². The van der Waals surface area contributed by atoms with Gasteiger partial charge in [0, 0.05) is 29.9 Å². The first-order valence-corrected chi connectivity index (χ1v) is 11.3. The predicted molar refractivity (Wildman–Crippen MR) is 130 cm³/mol. The molecule has 4 aromatic rings. The second kappa shape index (κ2) is 9.11. The van der Waals surface area contributed by atoms with Gasteiger partial charge in [-0.25, -0.2) is 4.98 Å². The molecule has 7 heteroatoms. The SMILES string of the molecule is C[C@H]1CN(C(=O)c2ccc(NC(=O)c3ncoc3-c3ccc4ccccc4c3)cc2)C[C@H](C)O1. The Bertz CT molecular complexity index is 1340. The van der Waals surface area contributed by atoms with E-state index in [1.807, 2.05) is 56.3 Å². The summed E-state index contributed by atoms with van der Waals surface area (Å²) in [5.41, 5.74) is 2.11. The largest absolute Gasteiger partial charge is 0.443 e. The lowest BCUT2D eigenvalue weighted by molar-refractivity contribution is -0.0586. The standard InChI is InChI=1S/C27H25N3O4/c1-17-14-30(15-18(2)34-17)27(32)20-9-11-23(12-10-20)29-26(31)24-25(33-16-28-24)22-8-7-19-5-3-4-6-21(19)13-22/h3-13,16-18H,14-15H2,1-2H3,(H,29,31)/t17-,18-/m0/s1. The number of ether oxygens (including phenoxy) is 1. The number of rotatable bonds is 4. The van der Waals surface area contributed by atoms with E-state index in [9.17, 15) is 9.59 Å². The minimum Gasteiger partial charge on any atom is -0.443 e. The molecule has 2 heterocycles. The normalized spacial score (nSPS) is 18.1. The lowest BCUT2D eigenvalue weighted by Crippen LogP contribution is -2.48. The van der Waals surface area contributed by atoms with Crippen molar-refractivity contribution in [1.82, 2.24) is 9.88 Å². The summed E-state index contributed by atoms with van der Waals surface area (Å²) < 4.78 is 11.3. The maximum Gasteiger partial charge on any atom is 0.278 e. The molecule has 1 saturated heterocycles. The molecule has 34 heavy (non-hydrogen) atoms. The van der Waals surface area contributed by atoms with Gasteiger partial charge in [0.15, 0.2) is 17.8 Å².